The van der Waals surface area contributed by atoms with Crippen molar-refractivity contribution in [2.75, 3.05) is 0 Å². The van der Waals surface area contributed by atoms with Gasteiger partial charge in [0.2, 0.25) is 0 Å². The highest BCUT2D eigenvalue weighted by molar-refractivity contribution is 0.827. The van der Waals surface area contributed by atoms with E-state index in [0.29, 0.717) is 0 Å². The smallest absolute Gasteiger partial charge is 0.412 e. The van der Waals surface area contributed by atoms with Crippen LogP contribution in [0.15, 0.2) is 0 Å². The van der Waals surface area contributed by atoms with Gasteiger partial charge in [0, 0.05) is 0 Å². The quantitative estimate of drug-likeness (QED) is 0.281. The molecule has 0 aromatic rings. The van der Waals surface area contributed by atoms with Crippen LogP contribution in [0.25, 0.3) is 0 Å². The van der Waals surface area contributed by atoms with E-state index < -0.39 is 0 Å². The standard InChI is InChI=1S/FH.4H2O/h1H;4*1H2/p-1. The Kier molecular flexibility index (Phi) is 140000. The lowest BCUT2D eigenvalue weighted by Gasteiger charge is -1.00. The Balaban J connectivity index is 0. The molecular weight excluding hydrogens is 83.0 g/mol. The van der Waals surface area contributed by atoms with Crippen molar-refractivity contribution in [2.24, 2.45) is 0 Å². The Morgan fingerprint density at radius 1 is 0.400 bits per heavy atom. The number of halogens is 1. The molecule has 0 saturated carbocycles. The largest absolute Gasteiger partial charge is 1.00 e. The molecule has 40 valence electrons. The Hall–Kier alpha value is -0.230. The van der Waals surface area contributed by atoms with Crippen LogP contribution >= 0.6 is 0 Å². The molecule has 0 aliphatic heterocycles. The molecule has 4 nitrogen and oxygen atoms in total. The number of hydrogen-bond donors (Lipinski definition) is 0. The van der Waals surface area contributed by atoms with Crippen LogP contribution < -0.4 is 4.70 Å². The van der Waals surface area contributed by atoms with Crippen LogP contribution in [0.4, 0.5) is 0 Å². The zero-order valence-corrected chi connectivity index (χ0v) is 2.38. The van der Waals surface area contributed by atoms with Gasteiger partial charge in [0.15, 0.2) is 0 Å². The molecule has 0 aliphatic carbocycles. The predicted octanol–water partition coefficient (Wildman–Crippen LogP) is -6.29. The topological polar surface area (TPSA) is 126 Å². The average molecular weight is 91.1 g/mol. The second-order valence-corrected chi connectivity index (χ2v) is 0. The number of hydrogen-bond acceptors (Lipinski definition) is 0. The normalized spacial score (nSPS) is 0. The minimum absolute atomic E-state index is 0. The minimum Gasteiger partial charge on any atom is -1.00 e. The molecule has 0 unspecified atom stereocenters. The third-order valence-electron chi connectivity index (χ3n) is 0. The Labute approximate surface area is 28.0 Å². The molecule has 0 saturated heterocycles. The molecule has 0 heterocycles. The van der Waals surface area contributed by atoms with Crippen molar-refractivity contribution in [3.63, 3.8) is 0 Å². The second-order valence-electron chi connectivity index (χ2n) is 0. The van der Waals surface area contributed by atoms with Crippen LogP contribution in [-0.4, -0.2) is 21.9 Å². The molecule has 0 amide bonds. The van der Waals surface area contributed by atoms with E-state index in [1.165, 1.54) is 0 Å². The van der Waals surface area contributed by atoms with Crippen molar-refractivity contribution >= 4 is 0 Å². The second kappa shape index (κ2) is 547. The van der Waals surface area contributed by atoms with Gasteiger partial charge in [0.1, 0.15) is 0 Å². The molecule has 0 rings (SSSR count). The fourth-order valence-electron chi connectivity index (χ4n) is 0. The van der Waals surface area contributed by atoms with Crippen molar-refractivity contribution in [3.05, 3.63) is 0 Å². The van der Waals surface area contributed by atoms with Crippen molar-refractivity contribution < 1.29 is 26.6 Å². The van der Waals surface area contributed by atoms with Crippen LogP contribution in [0, 0.1) is 0 Å². The maximum atomic E-state index is 0. The highest BCUT2D eigenvalue weighted by Gasteiger charge is -0.409. The van der Waals surface area contributed by atoms with Crippen LogP contribution in [0.1, 0.15) is 0 Å². The van der Waals surface area contributed by atoms with E-state index in [1.807, 2.05) is 0 Å². The predicted molar refractivity (Wildman–Crippen MR) is 14.5 cm³/mol. The molecule has 0 radical (unpaired) electrons. The van der Waals surface area contributed by atoms with Crippen molar-refractivity contribution in [2.45, 2.75) is 0 Å². The first-order valence-corrected chi connectivity index (χ1v) is 0. The molecule has 0 atom stereocenters. The maximum Gasteiger partial charge on any atom is -0.412 e. The van der Waals surface area contributed by atoms with E-state index >= 15 is 0 Å². The van der Waals surface area contributed by atoms with Gasteiger partial charge >= 0.3 is 0 Å². The summed E-state index contributed by atoms with van der Waals surface area (Å²) in [4.78, 5) is 0. The summed E-state index contributed by atoms with van der Waals surface area (Å²) < 4.78 is 0. The first kappa shape index (κ1) is 1280. The summed E-state index contributed by atoms with van der Waals surface area (Å²) in [6, 6.07) is 0. The highest BCUT2D eigenvalue weighted by Crippen LogP contribution is -0.286. The summed E-state index contributed by atoms with van der Waals surface area (Å²) >= 11 is 0. The first-order valence-electron chi connectivity index (χ1n) is 0. The third-order valence-corrected chi connectivity index (χ3v) is 0. The van der Waals surface area contributed by atoms with Gasteiger partial charge in [-0.25, -0.2) is 0 Å². The summed E-state index contributed by atoms with van der Waals surface area (Å²) in [7, 11) is 0. The fraction of sp³-hybridized carbons (Fsp3) is 0. The van der Waals surface area contributed by atoms with Crippen LogP contribution in [0.2, 0.25) is 0 Å². The molecular formula is H8FO4-. The van der Waals surface area contributed by atoms with Gasteiger partial charge in [-0.15, -0.1) is 0 Å². The summed E-state index contributed by atoms with van der Waals surface area (Å²) in [6.07, 6.45) is 0. The van der Waals surface area contributed by atoms with Gasteiger partial charge in [-0.2, -0.15) is 0 Å². The molecule has 5 heteroatoms. The summed E-state index contributed by atoms with van der Waals surface area (Å²) in [5.41, 5.74) is 0. The van der Waals surface area contributed by atoms with Crippen LogP contribution in [0.3, 0.4) is 0 Å². The lowest BCUT2D eigenvalue weighted by Crippen LogP contribution is -3.00. The van der Waals surface area contributed by atoms with E-state index in [1.54, 1.807) is 0 Å². The molecule has 0 aromatic carbocycles. The van der Waals surface area contributed by atoms with E-state index in [4.69, 9.17) is 0 Å². The molecule has 0 aliphatic rings. The summed E-state index contributed by atoms with van der Waals surface area (Å²) in [6.45, 7) is 0. The van der Waals surface area contributed by atoms with E-state index in [2.05, 4.69) is 0 Å². The number of rotatable bonds is 0. The lowest BCUT2D eigenvalue weighted by molar-refractivity contribution is -0.00000484. The molecule has 0 bridgehead atoms. The molecule has 0 fully saturated rings. The highest BCUT2D eigenvalue weighted by atomic mass is 19.0. The first-order chi connectivity index (χ1) is 0. The van der Waals surface area contributed by atoms with Gasteiger partial charge < -0.3 is 26.6 Å². The fourth-order valence-corrected chi connectivity index (χ4v) is 0. The van der Waals surface area contributed by atoms with Gasteiger partial charge in [0.05, 0.1) is 0 Å². The SMILES string of the molecule is O.O.O.O.[F-]. The molecule has 0 aromatic heterocycles. The Bertz CT molecular complexity index is 3.61. The van der Waals surface area contributed by atoms with Gasteiger partial charge in [-0.3, -0.25) is 0 Å². The Morgan fingerprint density at radius 3 is 0.400 bits per heavy atom. The maximum absolute atomic E-state index is 0. The average Bonchev–Trinajstić information content (AvgIpc) is 0. The minimum atomic E-state index is 0. The van der Waals surface area contributed by atoms with Crippen LogP contribution in [0.5, 0.6) is 0 Å². The van der Waals surface area contributed by atoms with Crippen molar-refractivity contribution in [1.29, 1.82) is 0 Å². The van der Waals surface area contributed by atoms with Crippen molar-refractivity contribution in [3.8, 4) is 0 Å². The molecule has 8 N–H and O–H groups in total. The third kappa shape index (κ3) is 223. The lowest BCUT2D eigenvalue weighted by atomic mass is 16.0. The Morgan fingerprint density at radius 2 is 0.400 bits per heavy atom. The van der Waals surface area contributed by atoms with Gasteiger partial charge in [0.25, 0.3) is 0 Å². The van der Waals surface area contributed by atoms with E-state index in [-0.39, 0.29) is 26.6 Å². The monoisotopic (exact) mass is 91.0 g/mol. The molecule has 0 spiro atoms. The molecule has 5 heavy (non-hydrogen) atoms. The van der Waals surface area contributed by atoms with Gasteiger partial charge in [-0.1, -0.05) is 0 Å². The van der Waals surface area contributed by atoms with E-state index in [0.717, 1.165) is 0 Å². The zero-order chi connectivity index (χ0) is 0. The van der Waals surface area contributed by atoms with E-state index in [9.17, 15) is 0 Å². The summed E-state index contributed by atoms with van der Waals surface area (Å²) in [5.74, 6) is 0. The zero-order valence-electron chi connectivity index (χ0n) is 2.38. The van der Waals surface area contributed by atoms with Gasteiger partial charge in [-0.05, 0) is 0 Å². The summed E-state index contributed by atoms with van der Waals surface area (Å²) in [5, 5.41) is 0. The van der Waals surface area contributed by atoms with Crippen LogP contribution in [-0.2, 0) is 0 Å². The van der Waals surface area contributed by atoms with Crippen molar-refractivity contribution in [1.82, 2.24) is 0 Å².